The molecule has 1 saturated carbocycles. The van der Waals surface area contributed by atoms with Gasteiger partial charge in [-0.15, -0.1) is 11.3 Å². The Morgan fingerprint density at radius 2 is 1.84 bits per heavy atom. The molecule has 2 aromatic carbocycles. The zero-order chi connectivity index (χ0) is 43.7. The minimum atomic E-state index is -4.52. The Kier molecular flexibility index (Phi) is 12.3. The van der Waals surface area contributed by atoms with Gasteiger partial charge in [-0.3, -0.25) is 19.3 Å². The first kappa shape index (κ1) is 43.3. The number of nitrogens with one attached hydrogen (secondary N) is 4. The van der Waals surface area contributed by atoms with E-state index >= 15 is 0 Å². The second-order valence-electron chi connectivity index (χ2n) is 16.8. The van der Waals surface area contributed by atoms with Crippen LogP contribution in [0.2, 0.25) is 0 Å². The topological polar surface area (TPSA) is 207 Å². The number of rotatable bonds is 8. The normalized spacial score (nSPS) is 23.3. The summed E-state index contributed by atoms with van der Waals surface area (Å²) in [7, 11) is -2.96. The van der Waals surface area contributed by atoms with Crippen molar-refractivity contribution in [3.8, 4) is 22.9 Å². The van der Waals surface area contributed by atoms with E-state index < -0.39 is 57.1 Å². The number of aromatic nitrogens is 2. The number of benzene rings is 2. The quantitative estimate of drug-likeness (QED) is 0.142. The minimum absolute atomic E-state index is 0.0170. The number of hydrogen-bond donors (Lipinski definition) is 4. The van der Waals surface area contributed by atoms with E-state index in [0.717, 1.165) is 5.13 Å². The van der Waals surface area contributed by atoms with Crippen LogP contribution in [0, 0.1) is 5.92 Å². The Morgan fingerprint density at radius 1 is 1.05 bits per heavy atom. The monoisotopic (exact) mass is 873 g/mol. The molecule has 4 amide bonds. The van der Waals surface area contributed by atoms with Gasteiger partial charge in [-0.2, -0.15) is 0 Å². The van der Waals surface area contributed by atoms with Gasteiger partial charge in [0, 0.05) is 47.7 Å². The number of pyridine rings is 1. The van der Waals surface area contributed by atoms with Gasteiger partial charge in [0.1, 0.15) is 45.4 Å². The Bertz CT molecular complexity index is 2480. The van der Waals surface area contributed by atoms with Crippen LogP contribution in [0.5, 0.6) is 11.5 Å². The van der Waals surface area contributed by atoms with Crippen LogP contribution in [0.3, 0.4) is 0 Å². The number of fused-ring (bicyclic) bond motifs is 3. The van der Waals surface area contributed by atoms with E-state index in [9.17, 15) is 27.6 Å². The molecule has 2 aromatic heterocycles. The van der Waals surface area contributed by atoms with Gasteiger partial charge in [0.25, 0.3) is 15.9 Å². The third-order valence-corrected chi connectivity index (χ3v) is 12.6. The van der Waals surface area contributed by atoms with E-state index in [2.05, 4.69) is 20.7 Å². The van der Waals surface area contributed by atoms with Crippen LogP contribution in [0.4, 0.5) is 15.6 Å². The van der Waals surface area contributed by atoms with Crippen molar-refractivity contribution in [1.82, 2.24) is 24.9 Å². The van der Waals surface area contributed by atoms with Crippen molar-refractivity contribution in [1.29, 1.82) is 0 Å². The molecule has 0 bridgehead atoms. The fourth-order valence-corrected chi connectivity index (χ4v) is 9.50. The molecule has 4 N–H and O–H groups in total. The van der Waals surface area contributed by atoms with E-state index in [1.165, 1.54) is 34.4 Å². The van der Waals surface area contributed by atoms with Gasteiger partial charge in [0.2, 0.25) is 11.8 Å². The number of sulfonamides is 1. The van der Waals surface area contributed by atoms with Crippen LogP contribution in [0.1, 0.15) is 73.1 Å². The number of nitrogens with zero attached hydrogens (tertiary/aromatic N) is 3. The summed E-state index contributed by atoms with van der Waals surface area (Å²) in [6.07, 6.45) is 4.35. The van der Waals surface area contributed by atoms with Crippen LogP contribution >= 0.6 is 11.3 Å². The van der Waals surface area contributed by atoms with Gasteiger partial charge >= 0.3 is 6.09 Å². The lowest BCUT2D eigenvalue weighted by atomic mass is 10.1. The molecule has 2 fully saturated rings. The Hall–Kier alpha value is -5.75. The molecule has 0 radical (unpaired) electrons. The van der Waals surface area contributed by atoms with E-state index in [4.69, 9.17) is 24.2 Å². The predicted molar refractivity (Wildman–Crippen MR) is 231 cm³/mol. The average Bonchev–Trinajstić information content (AvgIpc) is 3.46. The number of ether oxygens (including phenoxy) is 3. The first-order valence-electron chi connectivity index (χ1n) is 20.3. The number of hydrogen-bond acceptors (Lipinski definition) is 13. The smallest absolute Gasteiger partial charge is 0.411 e. The van der Waals surface area contributed by atoms with Crippen LogP contribution < -0.4 is 30.1 Å². The SMILES string of the molecule is COc1ccc2c(O[C@@H]3C[C@@H](C(=O)N[C@]45C[C@H]4/C=C\CCCCC(=O)Nc4ccccc4S(=O)(=O)NC5=O)N(C(=O)OC(C)(C)C)C3)cc(-c3csc(NC(C)C)n3)nc2c1. The van der Waals surface area contributed by atoms with E-state index in [0.29, 0.717) is 53.1 Å². The second kappa shape index (κ2) is 17.3. The number of thiazole rings is 1. The molecule has 61 heavy (non-hydrogen) atoms. The number of carbonyl (C=O) groups excluding carboxylic acids is 4. The molecule has 1 saturated heterocycles. The van der Waals surface area contributed by atoms with Crippen LogP contribution in [-0.2, 0) is 29.1 Å². The van der Waals surface area contributed by atoms with E-state index in [1.54, 1.807) is 58.2 Å². The zero-order valence-electron chi connectivity index (χ0n) is 34.9. The lowest BCUT2D eigenvalue weighted by molar-refractivity contribution is -0.131. The highest BCUT2D eigenvalue weighted by Crippen LogP contribution is 2.46. The molecule has 0 unspecified atom stereocenters. The van der Waals surface area contributed by atoms with Gasteiger partial charge in [-0.1, -0.05) is 24.3 Å². The number of amides is 4. The highest BCUT2D eigenvalue weighted by molar-refractivity contribution is 7.90. The third kappa shape index (κ3) is 9.91. The fourth-order valence-electron chi connectivity index (χ4n) is 7.45. The van der Waals surface area contributed by atoms with E-state index in [-0.39, 0.29) is 48.3 Å². The van der Waals surface area contributed by atoms with Crippen molar-refractivity contribution >= 4 is 66.9 Å². The first-order chi connectivity index (χ1) is 28.9. The molecule has 3 aliphatic rings. The van der Waals surface area contributed by atoms with Gasteiger partial charge in [-0.25, -0.2) is 27.9 Å². The molecule has 7 rings (SSSR count). The summed E-state index contributed by atoms with van der Waals surface area (Å²) in [4.78, 5) is 65.8. The molecule has 18 heteroatoms. The van der Waals surface area contributed by atoms with Crippen LogP contribution in [0.15, 0.2) is 71.0 Å². The predicted octanol–water partition coefficient (Wildman–Crippen LogP) is 6.39. The van der Waals surface area contributed by atoms with Gasteiger partial charge in [-0.05, 0) is 84.6 Å². The van der Waals surface area contributed by atoms with Gasteiger partial charge < -0.3 is 30.2 Å². The Labute approximate surface area is 358 Å². The molecule has 4 atom stereocenters. The van der Waals surface area contributed by atoms with Crippen molar-refractivity contribution in [2.45, 2.75) is 107 Å². The lowest BCUT2D eigenvalue weighted by Gasteiger charge is -2.29. The summed E-state index contributed by atoms with van der Waals surface area (Å²) in [6, 6.07) is 12.0. The summed E-state index contributed by atoms with van der Waals surface area (Å²) >= 11 is 1.45. The maximum absolute atomic E-state index is 14.5. The number of para-hydroxylation sites is 1. The summed E-state index contributed by atoms with van der Waals surface area (Å²) in [5.74, 6) is -1.48. The molecule has 4 heterocycles. The van der Waals surface area contributed by atoms with Crippen molar-refractivity contribution in [2.24, 2.45) is 5.92 Å². The maximum atomic E-state index is 14.5. The zero-order valence-corrected chi connectivity index (χ0v) is 36.6. The Balaban J connectivity index is 1.19. The number of allylic oxidation sites excluding steroid dienone is 1. The second-order valence-corrected chi connectivity index (χ2v) is 19.3. The average molecular weight is 874 g/mol. The molecule has 2 aliphatic heterocycles. The number of anilines is 2. The molecule has 324 valence electrons. The standard InChI is InChI=1S/C43H51N7O9S2/c1-25(2)44-40-47-33(24-60-40)32-21-35(29-18-17-27(57-6)19-31(29)45-32)58-28-20-34(50(23-28)41(54)59-42(3,4)5)38(52)48-43-22-26(43)13-9-7-8-10-16-37(51)46-30-14-11-12-15-36(30)61(55,56)49-39(43)53/h9,11-15,17-19,21,24-26,28,34H,7-8,10,16,20,22-23H2,1-6H3,(H,44,47)(H,46,51)(H,48,52)(H,49,53)/b13-9-/t26-,28-,34+,43-/m1/s1. The number of carbonyl (C=O) groups is 4. The maximum Gasteiger partial charge on any atom is 0.411 e. The summed E-state index contributed by atoms with van der Waals surface area (Å²) in [5, 5.41) is 12.1. The summed E-state index contributed by atoms with van der Waals surface area (Å²) < 4.78 is 47.6. The minimum Gasteiger partial charge on any atom is -0.497 e. The molecule has 0 spiro atoms. The molecule has 1 aliphatic carbocycles. The highest BCUT2D eigenvalue weighted by atomic mass is 32.2. The molecule has 4 aromatic rings. The first-order valence-corrected chi connectivity index (χ1v) is 22.6. The molecular weight excluding hydrogens is 823 g/mol. The van der Waals surface area contributed by atoms with Crippen molar-refractivity contribution < 1.29 is 41.8 Å². The number of methoxy groups -OCH3 is 1. The van der Waals surface area contributed by atoms with Crippen molar-refractivity contribution in [3.05, 3.63) is 66.1 Å². The van der Waals surface area contributed by atoms with Crippen LogP contribution in [-0.4, -0.2) is 90.1 Å². The lowest BCUT2D eigenvalue weighted by Crippen LogP contribution is -2.56. The summed E-state index contributed by atoms with van der Waals surface area (Å²) in [5.41, 5.74) is -0.768. The van der Waals surface area contributed by atoms with Gasteiger partial charge in [0.15, 0.2) is 5.13 Å². The van der Waals surface area contributed by atoms with Crippen LogP contribution in [0.25, 0.3) is 22.3 Å². The van der Waals surface area contributed by atoms with Crippen molar-refractivity contribution in [2.75, 3.05) is 24.3 Å². The largest absolute Gasteiger partial charge is 0.497 e. The number of likely N-dealkylation sites (tertiary alicyclic amines) is 1. The third-order valence-electron chi connectivity index (χ3n) is 10.5. The van der Waals surface area contributed by atoms with Crippen molar-refractivity contribution in [3.63, 3.8) is 0 Å². The summed E-state index contributed by atoms with van der Waals surface area (Å²) in [6.45, 7) is 9.16. The van der Waals surface area contributed by atoms with Gasteiger partial charge in [0.05, 0.1) is 30.6 Å². The fraction of sp³-hybridized carbons (Fsp3) is 0.442. The highest BCUT2D eigenvalue weighted by Gasteiger charge is 2.62. The Morgan fingerprint density at radius 3 is 2.59 bits per heavy atom. The molecular formula is C43H51N7O9S2. The molecule has 16 nitrogen and oxygen atoms in total. The van der Waals surface area contributed by atoms with E-state index in [1.807, 2.05) is 31.4 Å².